The van der Waals surface area contributed by atoms with Crippen LogP contribution in [0.25, 0.3) is 11.4 Å². The second-order valence-corrected chi connectivity index (χ2v) is 5.59. The summed E-state index contributed by atoms with van der Waals surface area (Å²) in [5.74, 6) is 0.492. The third-order valence-electron chi connectivity index (χ3n) is 2.22. The quantitative estimate of drug-likeness (QED) is 0.880. The number of nitrogens with one attached hydrogen (secondary N) is 2. The third-order valence-corrected chi connectivity index (χ3v) is 3.59. The number of hydrogen-bond acceptors (Lipinski definition) is 4. The van der Waals surface area contributed by atoms with Gasteiger partial charge in [0, 0.05) is 5.56 Å². The van der Waals surface area contributed by atoms with Crippen molar-refractivity contribution < 1.29 is 8.42 Å². The molecule has 7 heteroatoms. The van der Waals surface area contributed by atoms with Crippen LogP contribution in [0.1, 0.15) is 6.92 Å². The van der Waals surface area contributed by atoms with Crippen molar-refractivity contribution >= 4 is 16.0 Å². The lowest BCUT2D eigenvalue weighted by Gasteiger charge is -2.01. The molecule has 0 fully saturated rings. The van der Waals surface area contributed by atoms with Crippen molar-refractivity contribution in [2.45, 2.75) is 6.92 Å². The second kappa shape index (κ2) is 4.61. The van der Waals surface area contributed by atoms with Crippen LogP contribution < -0.4 is 4.72 Å². The van der Waals surface area contributed by atoms with Gasteiger partial charge in [-0.1, -0.05) is 36.9 Å². The molecule has 0 bridgehead atoms. The molecule has 0 atom stereocenters. The van der Waals surface area contributed by atoms with Crippen LogP contribution in [-0.4, -0.2) is 23.6 Å². The molecule has 0 radical (unpaired) electrons. The maximum atomic E-state index is 11.5. The molecule has 2 rings (SSSR count). The molecule has 0 saturated carbocycles. The molecule has 0 spiro atoms. The maximum Gasteiger partial charge on any atom is 0.259 e. The molecule has 1 aromatic heterocycles. The number of aromatic amines is 1. The number of anilines is 1. The standard InChI is InChI=1S/C11H12N4O2S/c1-8(2)18(16,17)15-11-12-10(13-14-11)9-6-4-3-5-7-9/h3-7H,1H2,2H3,(H2,12,13,14,15). The fourth-order valence-electron chi connectivity index (χ4n) is 1.24. The van der Waals surface area contributed by atoms with Crippen LogP contribution in [0.5, 0.6) is 0 Å². The van der Waals surface area contributed by atoms with Crippen LogP contribution in [0.4, 0.5) is 5.95 Å². The Hall–Kier alpha value is -2.15. The van der Waals surface area contributed by atoms with Gasteiger partial charge in [-0.3, -0.25) is 5.10 Å². The minimum atomic E-state index is -3.61. The minimum absolute atomic E-state index is 0.00291. The van der Waals surface area contributed by atoms with Crippen LogP contribution >= 0.6 is 0 Å². The lowest BCUT2D eigenvalue weighted by molar-refractivity contribution is 0.606. The van der Waals surface area contributed by atoms with E-state index >= 15 is 0 Å². The molecule has 6 nitrogen and oxygen atoms in total. The van der Waals surface area contributed by atoms with Gasteiger partial charge in [-0.15, -0.1) is 5.10 Å². The molecule has 0 aliphatic heterocycles. The summed E-state index contributed by atoms with van der Waals surface area (Å²) in [6, 6.07) is 9.28. The van der Waals surface area contributed by atoms with Crippen molar-refractivity contribution in [3.05, 3.63) is 41.8 Å². The normalized spacial score (nSPS) is 11.2. The minimum Gasteiger partial charge on any atom is -0.257 e. The predicted octanol–water partition coefficient (Wildman–Crippen LogP) is 1.75. The molecule has 1 aromatic carbocycles. The SMILES string of the molecule is C=C(C)S(=O)(=O)Nc1n[nH]c(-c2ccccc2)n1. The first-order valence-corrected chi connectivity index (χ1v) is 6.63. The molecule has 0 unspecified atom stereocenters. The van der Waals surface area contributed by atoms with Gasteiger partial charge in [-0.25, -0.2) is 13.1 Å². The van der Waals surface area contributed by atoms with Crippen molar-refractivity contribution in [1.29, 1.82) is 0 Å². The highest BCUT2D eigenvalue weighted by atomic mass is 32.2. The molecule has 0 aliphatic rings. The highest BCUT2D eigenvalue weighted by molar-refractivity contribution is 7.96. The third kappa shape index (κ3) is 2.57. The number of nitrogens with zero attached hydrogens (tertiary/aromatic N) is 2. The summed E-state index contributed by atoms with van der Waals surface area (Å²) in [5, 5.41) is 6.46. The predicted molar refractivity (Wildman–Crippen MR) is 69.2 cm³/mol. The van der Waals surface area contributed by atoms with Gasteiger partial charge < -0.3 is 0 Å². The van der Waals surface area contributed by atoms with E-state index < -0.39 is 10.0 Å². The van der Waals surface area contributed by atoms with E-state index in [1.54, 1.807) is 0 Å². The number of rotatable bonds is 4. The number of H-pyrrole nitrogens is 1. The molecule has 1 heterocycles. The molecular weight excluding hydrogens is 252 g/mol. The van der Waals surface area contributed by atoms with Gasteiger partial charge in [-0.05, 0) is 6.92 Å². The van der Waals surface area contributed by atoms with E-state index in [-0.39, 0.29) is 10.9 Å². The first kappa shape index (κ1) is 12.3. The van der Waals surface area contributed by atoms with E-state index in [4.69, 9.17) is 0 Å². The van der Waals surface area contributed by atoms with E-state index in [1.807, 2.05) is 30.3 Å². The van der Waals surface area contributed by atoms with Crippen molar-refractivity contribution in [1.82, 2.24) is 15.2 Å². The summed E-state index contributed by atoms with van der Waals surface area (Å²) in [6.45, 7) is 4.77. The number of benzene rings is 1. The van der Waals surface area contributed by atoms with Gasteiger partial charge in [0.15, 0.2) is 5.82 Å². The van der Waals surface area contributed by atoms with E-state index in [0.717, 1.165) is 5.56 Å². The van der Waals surface area contributed by atoms with Gasteiger partial charge in [-0.2, -0.15) is 4.98 Å². The Kier molecular flexibility index (Phi) is 3.15. The van der Waals surface area contributed by atoms with Crippen LogP contribution in [-0.2, 0) is 10.0 Å². The summed E-state index contributed by atoms with van der Waals surface area (Å²) in [6.07, 6.45) is 0. The molecule has 0 amide bonds. The molecule has 0 saturated heterocycles. The smallest absolute Gasteiger partial charge is 0.257 e. The summed E-state index contributed by atoms with van der Waals surface area (Å²) in [7, 11) is -3.61. The topological polar surface area (TPSA) is 87.7 Å². The maximum absolute atomic E-state index is 11.5. The zero-order chi connectivity index (χ0) is 13.2. The van der Waals surface area contributed by atoms with Crippen molar-refractivity contribution in [3.8, 4) is 11.4 Å². The van der Waals surface area contributed by atoms with Gasteiger partial charge in [0.05, 0.1) is 4.91 Å². The van der Waals surface area contributed by atoms with Crippen LogP contribution in [0, 0.1) is 0 Å². The zero-order valence-corrected chi connectivity index (χ0v) is 10.5. The van der Waals surface area contributed by atoms with Gasteiger partial charge in [0.25, 0.3) is 16.0 Å². The van der Waals surface area contributed by atoms with Crippen LogP contribution in [0.3, 0.4) is 0 Å². The van der Waals surface area contributed by atoms with Gasteiger partial charge in [0.1, 0.15) is 0 Å². The van der Waals surface area contributed by atoms with Crippen molar-refractivity contribution in [3.63, 3.8) is 0 Å². The summed E-state index contributed by atoms with van der Waals surface area (Å²) < 4.78 is 25.3. The average Bonchev–Trinajstić information content (AvgIpc) is 2.78. The Labute approximate surface area is 105 Å². The number of hydrogen-bond donors (Lipinski definition) is 2. The molecule has 94 valence electrons. The van der Waals surface area contributed by atoms with Crippen LogP contribution in [0.15, 0.2) is 41.8 Å². The molecule has 18 heavy (non-hydrogen) atoms. The van der Waals surface area contributed by atoms with Gasteiger partial charge in [0.2, 0.25) is 0 Å². The highest BCUT2D eigenvalue weighted by Crippen LogP contribution is 2.16. The fraction of sp³-hybridized carbons (Fsp3) is 0.0909. The Bertz CT molecular complexity index is 661. The summed E-state index contributed by atoms with van der Waals surface area (Å²) in [5.41, 5.74) is 0.825. The monoisotopic (exact) mass is 264 g/mol. The number of sulfonamides is 1. The van der Waals surface area contributed by atoms with Gasteiger partial charge >= 0.3 is 0 Å². The second-order valence-electron chi connectivity index (χ2n) is 3.68. The van der Waals surface area contributed by atoms with E-state index in [1.165, 1.54) is 6.92 Å². The lowest BCUT2D eigenvalue weighted by Crippen LogP contribution is -2.13. The average molecular weight is 264 g/mol. The van der Waals surface area contributed by atoms with Crippen LogP contribution in [0.2, 0.25) is 0 Å². The summed E-state index contributed by atoms with van der Waals surface area (Å²) >= 11 is 0. The first-order valence-electron chi connectivity index (χ1n) is 5.15. The molecule has 0 aliphatic carbocycles. The Balaban J connectivity index is 2.25. The Morgan fingerprint density at radius 3 is 2.61 bits per heavy atom. The zero-order valence-electron chi connectivity index (χ0n) is 9.71. The van der Waals surface area contributed by atoms with Crippen molar-refractivity contribution in [2.24, 2.45) is 0 Å². The number of aromatic nitrogens is 3. The molecular formula is C11H12N4O2S. The lowest BCUT2D eigenvalue weighted by atomic mass is 10.2. The van der Waals surface area contributed by atoms with Crippen molar-refractivity contribution in [2.75, 3.05) is 4.72 Å². The fourth-order valence-corrected chi connectivity index (χ4v) is 1.75. The highest BCUT2D eigenvalue weighted by Gasteiger charge is 2.14. The van der Waals surface area contributed by atoms with E-state index in [0.29, 0.717) is 5.82 Å². The Morgan fingerprint density at radius 2 is 2.00 bits per heavy atom. The van der Waals surface area contributed by atoms with E-state index in [9.17, 15) is 8.42 Å². The molecule has 2 aromatic rings. The first-order chi connectivity index (χ1) is 8.49. The largest absolute Gasteiger partial charge is 0.259 e. The Morgan fingerprint density at radius 1 is 1.33 bits per heavy atom. The number of allylic oxidation sites excluding steroid dienone is 1. The summed E-state index contributed by atoms with van der Waals surface area (Å²) in [4.78, 5) is 4.06. The molecule has 2 N–H and O–H groups in total. The van der Waals surface area contributed by atoms with E-state index in [2.05, 4.69) is 26.5 Å².